The van der Waals surface area contributed by atoms with Gasteiger partial charge in [-0.3, -0.25) is 4.79 Å². The number of oxazole rings is 1. The Morgan fingerprint density at radius 3 is 2.93 bits per heavy atom. The Hall–Kier alpha value is -3.49. The summed E-state index contributed by atoms with van der Waals surface area (Å²) in [5, 5.41) is 0.922. The fourth-order valence-electron chi connectivity index (χ4n) is 3.92. The number of fused-ring (bicyclic) bond motifs is 2. The lowest BCUT2D eigenvalue weighted by Gasteiger charge is -2.33. The zero-order valence-electron chi connectivity index (χ0n) is 15.4. The third-order valence-electron chi connectivity index (χ3n) is 5.31. The van der Waals surface area contributed by atoms with Crippen LogP contribution in [-0.4, -0.2) is 32.3 Å². The zero-order chi connectivity index (χ0) is 20.1. The largest absolute Gasteiger partial charge is 0.458 e. The van der Waals surface area contributed by atoms with Gasteiger partial charge < -0.3 is 18.7 Å². The van der Waals surface area contributed by atoms with Gasteiger partial charge in [0.2, 0.25) is 5.76 Å². The fraction of sp³-hybridized carbons (Fsp3) is 0.250. The minimum Gasteiger partial charge on any atom is -0.458 e. The molecule has 4 heterocycles. The van der Waals surface area contributed by atoms with Gasteiger partial charge in [-0.15, -0.1) is 0 Å². The third-order valence-corrected chi connectivity index (χ3v) is 5.31. The van der Waals surface area contributed by atoms with E-state index in [4.69, 9.17) is 8.83 Å². The van der Waals surface area contributed by atoms with E-state index in [-0.39, 0.29) is 0 Å². The van der Waals surface area contributed by atoms with Crippen molar-refractivity contribution in [3.05, 3.63) is 71.2 Å². The fourth-order valence-corrected chi connectivity index (χ4v) is 3.92. The Morgan fingerprint density at radius 2 is 2.14 bits per heavy atom. The monoisotopic (exact) mass is 398 g/mol. The highest BCUT2D eigenvalue weighted by atomic mass is 19.3. The van der Waals surface area contributed by atoms with Crippen molar-refractivity contribution in [2.24, 2.45) is 0 Å². The van der Waals surface area contributed by atoms with Crippen molar-refractivity contribution in [2.45, 2.75) is 25.8 Å². The van der Waals surface area contributed by atoms with Crippen LogP contribution < -0.4 is 0 Å². The molecule has 1 atom stereocenters. The quantitative estimate of drug-likeness (QED) is 0.559. The lowest BCUT2D eigenvalue weighted by atomic mass is 9.97. The number of carbonyl (C=O) groups is 1. The number of benzene rings is 1. The van der Waals surface area contributed by atoms with E-state index >= 15 is 0 Å². The van der Waals surface area contributed by atoms with Gasteiger partial charge in [-0.05, 0) is 13.0 Å². The predicted octanol–water partition coefficient (Wildman–Crippen LogP) is 4.18. The molecule has 7 nitrogen and oxygen atoms in total. The van der Waals surface area contributed by atoms with Gasteiger partial charge >= 0.3 is 0 Å². The third kappa shape index (κ3) is 2.65. The van der Waals surface area contributed by atoms with E-state index in [0.29, 0.717) is 30.0 Å². The predicted molar refractivity (Wildman–Crippen MR) is 97.6 cm³/mol. The number of nitrogens with zero attached hydrogens (tertiary/aromatic N) is 3. The summed E-state index contributed by atoms with van der Waals surface area (Å²) in [7, 11) is 0. The molecule has 3 aromatic heterocycles. The smallest absolute Gasteiger partial charge is 0.292 e. The molecule has 4 aromatic rings. The molecule has 1 aliphatic rings. The van der Waals surface area contributed by atoms with Gasteiger partial charge in [0.1, 0.15) is 17.4 Å². The van der Waals surface area contributed by atoms with E-state index in [9.17, 15) is 13.6 Å². The van der Waals surface area contributed by atoms with Gasteiger partial charge in [-0.2, -0.15) is 0 Å². The number of hydrogen-bond acceptors (Lipinski definition) is 5. The van der Waals surface area contributed by atoms with Crippen LogP contribution in [0.25, 0.3) is 11.0 Å². The number of para-hydroxylation sites is 1. The maximum Gasteiger partial charge on any atom is 0.292 e. The number of rotatable bonds is 3. The van der Waals surface area contributed by atoms with Crippen LogP contribution >= 0.6 is 0 Å². The van der Waals surface area contributed by atoms with Gasteiger partial charge in [-0.1, -0.05) is 18.2 Å². The molecule has 0 saturated carbocycles. The van der Waals surface area contributed by atoms with Crippen LogP contribution in [0.15, 0.2) is 45.8 Å². The van der Waals surface area contributed by atoms with Crippen molar-refractivity contribution in [3.63, 3.8) is 0 Å². The zero-order valence-corrected chi connectivity index (χ0v) is 15.4. The Balaban J connectivity index is 1.66. The average molecular weight is 398 g/mol. The molecule has 148 valence electrons. The minimum absolute atomic E-state index is 0.290. The summed E-state index contributed by atoms with van der Waals surface area (Å²) in [6.07, 6.45) is 0.0161. The summed E-state index contributed by atoms with van der Waals surface area (Å²) in [6.45, 7) is 2.20. The number of imidazole rings is 1. The van der Waals surface area contributed by atoms with Crippen molar-refractivity contribution in [2.75, 3.05) is 6.54 Å². The topological polar surface area (TPSA) is 88.2 Å². The number of aromatic amines is 1. The van der Waals surface area contributed by atoms with Gasteiger partial charge in [0.15, 0.2) is 12.1 Å². The van der Waals surface area contributed by atoms with Gasteiger partial charge in [-0.25, -0.2) is 18.7 Å². The number of alkyl halides is 2. The second kappa shape index (κ2) is 6.54. The van der Waals surface area contributed by atoms with Crippen LogP contribution in [-0.2, 0) is 6.42 Å². The van der Waals surface area contributed by atoms with Crippen molar-refractivity contribution in [1.29, 1.82) is 0 Å². The highest BCUT2D eigenvalue weighted by molar-refractivity contribution is 5.93. The van der Waals surface area contributed by atoms with Gasteiger partial charge in [0.05, 0.1) is 12.0 Å². The van der Waals surface area contributed by atoms with E-state index in [2.05, 4.69) is 15.0 Å². The molecule has 0 radical (unpaired) electrons. The number of carbonyl (C=O) groups excluding carboxylic acids is 1. The first kappa shape index (κ1) is 17.6. The molecule has 0 spiro atoms. The van der Waals surface area contributed by atoms with Crippen LogP contribution in [0.5, 0.6) is 0 Å². The molecule has 1 aromatic carbocycles. The molecule has 1 amide bonds. The Kier molecular flexibility index (Phi) is 3.97. The molecular weight excluding hydrogens is 382 g/mol. The highest BCUT2D eigenvalue weighted by Crippen LogP contribution is 2.40. The minimum atomic E-state index is -2.91. The molecule has 0 saturated heterocycles. The van der Waals surface area contributed by atoms with Crippen molar-refractivity contribution < 1.29 is 22.4 Å². The molecular formula is C20H16F2N4O3. The molecule has 29 heavy (non-hydrogen) atoms. The highest BCUT2D eigenvalue weighted by Gasteiger charge is 2.40. The number of amides is 1. The number of aryl methyl sites for hydroxylation is 1. The van der Waals surface area contributed by atoms with Crippen molar-refractivity contribution in [3.8, 4) is 0 Å². The molecule has 1 N–H and O–H groups in total. The average Bonchev–Trinajstić information content (AvgIpc) is 3.45. The van der Waals surface area contributed by atoms with E-state index in [1.54, 1.807) is 6.33 Å². The standard InChI is InChI=1S/C20H16F2N4O3/c1-10-11-4-2-3-5-13(11)29-17(10)16-14-12(23-8-24-14)6-7-26(16)20(27)18-15(19(21)22)25-9-28-18/h2-5,8-9,16,19H,6-7H2,1H3,(H,23,24)/t16-/m1/s1. The second-order valence-corrected chi connectivity index (χ2v) is 6.87. The summed E-state index contributed by atoms with van der Waals surface area (Å²) in [4.78, 5) is 25.7. The van der Waals surface area contributed by atoms with Gasteiger partial charge in [0, 0.05) is 29.6 Å². The maximum absolute atomic E-state index is 13.3. The molecule has 0 bridgehead atoms. The summed E-state index contributed by atoms with van der Waals surface area (Å²) in [6, 6.07) is 6.88. The van der Waals surface area contributed by atoms with Crippen LogP contribution in [0.3, 0.4) is 0 Å². The first-order valence-corrected chi connectivity index (χ1v) is 9.09. The number of aromatic nitrogens is 3. The normalized spacial score (nSPS) is 16.6. The Labute approximate surface area is 163 Å². The summed E-state index contributed by atoms with van der Waals surface area (Å²) >= 11 is 0. The SMILES string of the molecule is Cc1c([C@H]2c3nc[nH]c3CCN2C(=O)c2ocnc2C(F)F)oc2ccccc12. The molecule has 9 heteroatoms. The number of halogens is 2. The maximum atomic E-state index is 13.3. The lowest BCUT2D eigenvalue weighted by Crippen LogP contribution is -2.41. The molecule has 1 aliphatic heterocycles. The Bertz CT molecular complexity index is 1210. The van der Waals surface area contributed by atoms with E-state index in [0.717, 1.165) is 23.0 Å². The van der Waals surface area contributed by atoms with E-state index in [1.807, 2.05) is 31.2 Å². The second-order valence-electron chi connectivity index (χ2n) is 6.87. The molecule has 0 fully saturated rings. The first-order valence-electron chi connectivity index (χ1n) is 9.09. The number of H-pyrrole nitrogens is 1. The van der Waals surface area contributed by atoms with Gasteiger partial charge in [0.25, 0.3) is 12.3 Å². The van der Waals surface area contributed by atoms with Crippen LogP contribution in [0.1, 0.15) is 51.4 Å². The first-order chi connectivity index (χ1) is 14.1. The van der Waals surface area contributed by atoms with E-state index in [1.165, 1.54) is 4.90 Å². The summed E-state index contributed by atoms with van der Waals surface area (Å²) in [5.74, 6) is -0.584. The number of nitrogens with one attached hydrogen (secondary N) is 1. The van der Waals surface area contributed by atoms with Crippen molar-refractivity contribution >= 4 is 16.9 Å². The van der Waals surface area contributed by atoms with Crippen LogP contribution in [0, 0.1) is 6.92 Å². The molecule has 0 aliphatic carbocycles. The summed E-state index contributed by atoms with van der Waals surface area (Å²) < 4.78 is 37.7. The number of hydrogen-bond donors (Lipinski definition) is 1. The van der Waals surface area contributed by atoms with E-state index < -0.39 is 29.8 Å². The van der Waals surface area contributed by atoms with Crippen LogP contribution in [0.2, 0.25) is 0 Å². The molecule has 5 rings (SSSR count). The van der Waals surface area contributed by atoms with Crippen LogP contribution in [0.4, 0.5) is 8.78 Å². The lowest BCUT2D eigenvalue weighted by molar-refractivity contribution is 0.0624. The summed E-state index contributed by atoms with van der Waals surface area (Å²) in [5.41, 5.74) is 2.40. The Morgan fingerprint density at radius 1 is 1.31 bits per heavy atom. The molecule has 0 unspecified atom stereocenters. The van der Waals surface area contributed by atoms with Crippen molar-refractivity contribution in [1.82, 2.24) is 19.9 Å². The number of furan rings is 1.